The molecule has 2 N–H and O–H groups in total. The van der Waals surface area contributed by atoms with Crippen LogP contribution >= 0.6 is 0 Å². The van der Waals surface area contributed by atoms with Gasteiger partial charge >= 0.3 is 0 Å². The lowest BCUT2D eigenvalue weighted by atomic mass is 10.1. The van der Waals surface area contributed by atoms with Gasteiger partial charge < -0.3 is 14.9 Å². The van der Waals surface area contributed by atoms with Crippen molar-refractivity contribution in [2.24, 2.45) is 0 Å². The first-order valence-electron chi connectivity index (χ1n) is 7.37. The fraction of sp³-hybridized carbons (Fsp3) is 0.111. The molecule has 0 aliphatic heterocycles. The first-order valence-corrected chi connectivity index (χ1v) is 7.37. The molecule has 122 valence electrons. The van der Waals surface area contributed by atoms with E-state index < -0.39 is 12.0 Å². The van der Waals surface area contributed by atoms with Crippen LogP contribution in [0, 0.1) is 5.82 Å². The summed E-state index contributed by atoms with van der Waals surface area (Å²) in [5.74, 6) is -0.809. The molecule has 0 aliphatic carbocycles. The van der Waals surface area contributed by atoms with Crippen molar-refractivity contribution in [3.8, 4) is 11.3 Å². The van der Waals surface area contributed by atoms with Crippen LogP contribution in [0.1, 0.15) is 22.2 Å². The Balaban J connectivity index is 1.61. The third kappa shape index (κ3) is 3.67. The quantitative estimate of drug-likeness (QED) is 0.756. The van der Waals surface area contributed by atoms with Crippen molar-refractivity contribution in [3.63, 3.8) is 0 Å². The van der Waals surface area contributed by atoms with E-state index in [-0.39, 0.29) is 18.1 Å². The van der Waals surface area contributed by atoms with Gasteiger partial charge in [0.2, 0.25) is 5.76 Å². The van der Waals surface area contributed by atoms with Crippen LogP contribution in [0.25, 0.3) is 11.3 Å². The minimum Gasteiger partial charge on any atom is -0.387 e. The number of rotatable bonds is 5. The van der Waals surface area contributed by atoms with Crippen LogP contribution in [0.15, 0.2) is 65.2 Å². The van der Waals surface area contributed by atoms with Gasteiger partial charge in [-0.1, -0.05) is 47.6 Å². The van der Waals surface area contributed by atoms with E-state index in [0.717, 1.165) is 5.56 Å². The monoisotopic (exact) mass is 326 g/mol. The van der Waals surface area contributed by atoms with Gasteiger partial charge in [-0.15, -0.1) is 0 Å². The summed E-state index contributed by atoms with van der Waals surface area (Å²) in [6, 6.07) is 16.3. The number of carbonyl (C=O) groups is 1. The highest BCUT2D eigenvalue weighted by atomic mass is 19.1. The summed E-state index contributed by atoms with van der Waals surface area (Å²) in [4.78, 5) is 12.1. The van der Waals surface area contributed by atoms with Crippen molar-refractivity contribution in [3.05, 3.63) is 77.8 Å². The Morgan fingerprint density at radius 3 is 2.58 bits per heavy atom. The van der Waals surface area contributed by atoms with Gasteiger partial charge in [0.05, 0.1) is 6.10 Å². The Kier molecular flexibility index (Phi) is 4.67. The zero-order chi connectivity index (χ0) is 16.9. The van der Waals surface area contributed by atoms with E-state index in [1.54, 1.807) is 0 Å². The van der Waals surface area contributed by atoms with Crippen LogP contribution in [-0.2, 0) is 0 Å². The van der Waals surface area contributed by atoms with Crippen molar-refractivity contribution in [2.75, 3.05) is 6.54 Å². The zero-order valence-electron chi connectivity index (χ0n) is 12.6. The number of benzene rings is 2. The van der Waals surface area contributed by atoms with Gasteiger partial charge in [0.15, 0.2) is 0 Å². The molecule has 0 saturated carbocycles. The van der Waals surface area contributed by atoms with E-state index in [4.69, 9.17) is 4.52 Å². The predicted molar refractivity (Wildman–Crippen MR) is 85.6 cm³/mol. The van der Waals surface area contributed by atoms with Crippen molar-refractivity contribution in [2.45, 2.75) is 6.10 Å². The fourth-order valence-electron chi connectivity index (χ4n) is 2.21. The number of hydrogen-bond donors (Lipinski definition) is 2. The number of aliphatic hydroxyl groups excluding tert-OH is 1. The molecule has 24 heavy (non-hydrogen) atoms. The summed E-state index contributed by atoms with van der Waals surface area (Å²) in [7, 11) is 0. The van der Waals surface area contributed by atoms with Gasteiger partial charge in [-0.2, -0.15) is 0 Å². The molecular weight excluding hydrogens is 311 g/mol. The number of carbonyl (C=O) groups excluding carboxylic acids is 1. The summed E-state index contributed by atoms with van der Waals surface area (Å²) >= 11 is 0. The number of hydrogen-bond acceptors (Lipinski definition) is 4. The zero-order valence-corrected chi connectivity index (χ0v) is 12.6. The number of nitrogens with one attached hydrogen (secondary N) is 1. The Morgan fingerprint density at radius 1 is 1.17 bits per heavy atom. The van der Waals surface area contributed by atoms with Gasteiger partial charge in [0, 0.05) is 18.2 Å². The second kappa shape index (κ2) is 7.06. The molecule has 0 fully saturated rings. The second-order valence-corrected chi connectivity index (χ2v) is 5.22. The molecular formula is C18H15FN2O3. The van der Waals surface area contributed by atoms with Crippen molar-refractivity contribution in [1.29, 1.82) is 0 Å². The highest BCUT2D eigenvalue weighted by molar-refractivity contribution is 5.92. The largest absolute Gasteiger partial charge is 0.387 e. The molecule has 0 bridgehead atoms. The lowest BCUT2D eigenvalue weighted by Gasteiger charge is -2.11. The molecule has 1 unspecified atom stereocenters. The van der Waals surface area contributed by atoms with Gasteiger partial charge in [-0.3, -0.25) is 4.79 Å². The van der Waals surface area contributed by atoms with Crippen LogP contribution in [0.4, 0.5) is 4.39 Å². The van der Waals surface area contributed by atoms with Gasteiger partial charge in [-0.05, 0) is 17.7 Å². The molecule has 0 aliphatic rings. The molecule has 6 heteroatoms. The average Bonchev–Trinajstić information content (AvgIpc) is 3.11. The van der Waals surface area contributed by atoms with Gasteiger partial charge in [-0.25, -0.2) is 4.39 Å². The molecule has 1 aromatic heterocycles. The number of halogens is 1. The summed E-state index contributed by atoms with van der Waals surface area (Å²) < 4.78 is 17.9. The molecule has 3 aromatic rings. The van der Waals surface area contributed by atoms with Crippen LogP contribution in [0.5, 0.6) is 0 Å². The van der Waals surface area contributed by atoms with Crippen LogP contribution < -0.4 is 5.32 Å². The summed E-state index contributed by atoms with van der Waals surface area (Å²) in [5.41, 5.74) is 1.91. The van der Waals surface area contributed by atoms with E-state index in [9.17, 15) is 14.3 Å². The van der Waals surface area contributed by atoms with Crippen LogP contribution in [-0.4, -0.2) is 22.7 Å². The molecule has 0 saturated heterocycles. The Bertz CT molecular complexity index is 816. The molecule has 5 nitrogen and oxygen atoms in total. The molecule has 1 heterocycles. The maximum atomic E-state index is 12.9. The lowest BCUT2D eigenvalue weighted by molar-refractivity contribution is 0.0880. The third-order valence-electron chi connectivity index (χ3n) is 3.51. The minimum atomic E-state index is -0.939. The number of amides is 1. The number of aliphatic hydroxyl groups is 1. The average molecular weight is 326 g/mol. The van der Waals surface area contributed by atoms with Crippen molar-refractivity contribution < 1.29 is 18.8 Å². The van der Waals surface area contributed by atoms with Crippen LogP contribution in [0.3, 0.4) is 0 Å². The van der Waals surface area contributed by atoms with Gasteiger partial charge in [0.25, 0.3) is 5.91 Å². The van der Waals surface area contributed by atoms with E-state index >= 15 is 0 Å². The molecule has 1 atom stereocenters. The minimum absolute atomic E-state index is 0.0220. The summed E-state index contributed by atoms with van der Waals surface area (Å²) in [5, 5.41) is 16.4. The normalized spacial score (nSPS) is 11.9. The molecule has 2 aromatic carbocycles. The second-order valence-electron chi connectivity index (χ2n) is 5.22. The Hall–Kier alpha value is -2.99. The summed E-state index contributed by atoms with van der Waals surface area (Å²) in [6.45, 7) is -0.0220. The first-order chi connectivity index (χ1) is 11.6. The van der Waals surface area contributed by atoms with Crippen LogP contribution in [0.2, 0.25) is 0 Å². The van der Waals surface area contributed by atoms with E-state index in [1.165, 1.54) is 30.3 Å². The van der Waals surface area contributed by atoms with E-state index in [1.807, 2.05) is 30.3 Å². The van der Waals surface area contributed by atoms with E-state index in [2.05, 4.69) is 10.5 Å². The third-order valence-corrected chi connectivity index (χ3v) is 3.51. The molecule has 0 radical (unpaired) electrons. The maximum absolute atomic E-state index is 12.9. The van der Waals surface area contributed by atoms with E-state index in [0.29, 0.717) is 11.3 Å². The summed E-state index contributed by atoms with van der Waals surface area (Å²) in [6.07, 6.45) is -0.939. The van der Waals surface area contributed by atoms with Crippen molar-refractivity contribution >= 4 is 5.91 Å². The standard InChI is InChI=1S/C18H15FN2O3/c19-14-8-6-13(7-9-14)16(22)11-20-18(23)17-10-15(21-24-17)12-4-2-1-3-5-12/h1-10,16,22H,11H2,(H,20,23). The van der Waals surface area contributed by atoms with Gasteiger partial charge in [0.1, 0.15) is 11.5 Å². The van der Waals surface area contributed by atoms with Crippen molar-refractivity contribution in [1.82, 2.24) is 10.5 Å². The Labute approximate surface area is 137 Å². The first kappa shape index (κ1) is 15.9. The predicted octanol–water partition coefficient (Wildman–Crippen LogP) is 2.94. The highest BCUT2D eigenvalue weighted by Crippen LogP contribution is 2.18. The number of nitrogens with zero attached hydrogens (tertiary/aromatic N) is 1. The highest BCUT2D eigenvalue weighted by Gasteiger charge is 2.16. The molecule has 0 spiro atoms. The number of aromatic nitrogens is 1. The molecule has 3 rings (SSSR count). The molecule has 1 amide bonds. The SMILES string of the molecule is O=C(NCC(O)c1ccc(F)cc1)c1cc(-c2ccccc2)no1. The lowest BCUT2D eigenvalue weighted by Crippen LogP contribution is -2.28. The smallest absolute Gasteiger partial charge is 0.290 e. The fourth-order valence-corrected chi connectivity index (χ4v) is 2.21. The topological polar surface area (TPSA) is 75.4 Å². The maximum Gasteiger partial charge on any atom is 0.290 e. The Morgan fingerprint density at radius 2 is 1.88 bits per heavy atom.